The summed E-state index contributed by atoms with van der Waals surface area (Å²) in [7, 11) is 0. The Balaban J connectivity index is 2.66. The highest BCUT2D eigenvalue weighted by atomic mass is 19.1. The fourth-order valence-corrected chi connectivity index (χ4v) is 1.92. The Labute approximate surface area is 142 Å². The van der Waals surface area contributed by atoms with Crippen LogP contribution in [0.25, 0.3) is 0 Å². The molecule has 3 nitrogen and oxygen atoms in total. The minimum Gasteiger partial charge on any atom is -0.457 e. The number of ether oxygens (including phenoxy) is 1. The number of hydrogen-bond acceptors (Lipinski definition) is 3. The molecule has 4 heteroatoms. The van der Waals surface area contributed by atoms with Crippen LogP contribution < -0.4 is 0 Å². The first-order valence-corrected chi connectivity index (χ1v) is 7.71. The number of hydrogen-bond donors (Lipinski definition) is 0. The largest absolute Gasteiger partial charge is 0.457 e. The Kier molecular flexibility index (Phi) is 7.31. The molecule has 0 aliphatic rings. The number of allylic oxidation sites excluding steroid dienone is 5. The van der Waals surface area contributed by atoms with Crippen LogP contribution in [0.1, 0.15) is 43.6 Å². The summed E-state index contributed by atoms with van der Waals surface area (Å²) in [5.74, 6) is -0.924. The van der Waals surface area contributed by atoms with Gasteiger partial charge >= 0.3 is 5.97 Å². The molecule has 0 atom stereocenters. The summed E-state index contributed by atoms with van der Waals surface area (Å²) in [5, 5.41) is 0. The maximum Gasteiger partial charge on any atom is 0.331 e. The molecule has 0 aliphatic carbocycles. The van der Waals surface area contributed by atoms with E-state index in [1.54, 1.807) is 18.2 Å². The van der Waals surface area contributed by atoms with Crippen LogP contribution in [-0.4, -0.2) is 17.9 Å². The topological polar surface area (TPSA) is 43.4 Å². The minimum atomic E-state index is -0.522. The first-order valence-electron chi connectivity index (χ1n) is 7.71. The SMILES string of the molecule is C\C=C(/C=C\C=C\C(=O)OC(C)(C)C)Cc1ccc(C=O)c(F)c1. The van der Waals surface area contributed by atoms with Crippen molar-refractivity contribution in [2.24, 2.45) is 0 Å². The van der Waals surface area contributed by atoms with E-state index in [-0.39, 0.29) is 5.56 Å². The third kappa shape index (κ3) is 7.18. The lowest BCUT2D eigenvalue weighted by Crippen LogP contribution is -2.22. The molecule has 0 aromatic heterocycles. The number of carbonyl (C=O) groups is 2. The van der Waals surface area contributed by atoms with Crippen LogP contribution in [0.15, 0.2) is 54.2 Å². The molecule has 128 valence electrons. The zero-order valence-corrected chi connectivity index (χ0v) is 14.5. The van der Waals surface area contributed by atoms with Crippen molar-refractivity contribution in [3.63, 3.8) is 0 Å². The number of halogens is 1. The molecule has 0 unspecified atom stereocenters. The average molecular weight is 330 g/mol. The lowest BCUT2D eigenvalue weighted by molar-refractivity contribution is -0.148. The molecule has 24 heavy (non-hydrogen) atoms. The summed E-state index contributed by atoms with van der Waals surface area (Å²) in [6.07, 6.45) is 9.47. The Bertz CT molecular complexity index is 677. The summed E-state index contributed by atoms with van der Waals surface area (Å²) in [6, 6.07) is 4.55. The van der Waals surface area contributed by atoms with Gasteiger partial charge in [-0.2, -0.15) is 0 Å². The molecule has 0 radical (unpaired) electrons. The van der Waals surface area contributed by atoms with Crippen molar-refractivity contribution in [2.75, 3.05) is 0 Å². The van der Waals surface area contributed by atoms with Crippen molar-refractivity contribution in [3.8, 4) is 0 Å². The zero-order chi connectivity index (χ0) is 18.2. The van der Waals surface area contributed by atoms with Crippen LogP contribution in [0, 0.1) is 5.82 Å². The van der Waals surface area contributed by atoms with Gasteiger partial charge in [-0.1, -0.05) is 30.4 Å². The molecule has 0 bridgehead atoms. The predicted octanol–water partition coefficient (Wildman–Crippen LogP) is 4.58. The van der Waals surface area contributed by atoms with Gasteiger partial charge in [0.25, 0.3) is 0 Å². The number of carbonyl (C=O) groups excluding carboxylic acids is 2. The van der Waals surface area contributed by atoms with Gasteiger partial charge in [-0.15, -0.1) is 0 Å². The van der Waals surface area contributed by atoms with E-state index in [0.717, 1.165) is 11.1 Å². The van der Waals surface area contributed by atoms with Crippen molar-refractivity contribution in [1.82, 2.24) is 0 Å². The van der Waals surface area contributed by atoms with E-state index in [2.05, 4.69) is 0 Å². The summed E-state index contributed by atoms with van der Waals surface area (Å²) in [5.41, 5.74) is 1.27. The highest BCUT2D eigenvalue weighted by Gasteiger charge is 2.13. The predicted molar refractivity (Wildman–Crippen MR) is 93.4 cm³/mol. The quantitative estimate of drug-likeness (QED) is 0.332. The lowest BCUT2D eigenvalue weighted by atomic mass is 10.0. The van der Waals surface area contributed by atoms with Crippen molar-refractivity contribution < 1.29 is 18.7 Å². The van der Waals surface area contributed by atoms with Crippen molar-refractivity contribution in [2.45, 2.75) is 39.7 Å². The fourth-order valence-electron chi connectivity index (χ4n) is 1.92. The Hall–Kier alpha value is -2.49. The molecule has 0 spiro atoms. The van der Waals surface area contributed by atoms with E-state index < -0.39 is 17.4 Å². The second-order valence-electron chi connectivity index (χ2n) is 6.27. The first-order chi connectivity index (χ1) is 11.2. The van der Waals surface area contributed by atoms with Gasteiger partial charge in [-0.25, -0.2) is 9.18 Å². The van der Waals surface area contributed by atoms with E-state index >= 15 is 0 Å². The van der Waals surface area contributed by atoms with E-state index in [9.17, 15) is 14.0 Å². The molecule has 0 aliphatic heterocycles. The maximum absolute atomic E-state index is 13.6. The van der Waals surface area contributed by atoms with E-state index in [0.29, 0.717) is 12.7 Å². The second kappa shape index (κ2) is 8.96. The Morgan fingerprint density at radius 3 is 2.42 bits per heavy atom. The summed E-state index contributed by atoms with van der Waals surface area (Å²) < 4.78 is 18.8. The summed E-state index contributed by atoms with van der Waals surface area (Å²) in [6.45, 7) is 7.30. The third-order valence-electron chi connectivity index (χ3n) is 3.03. The Morgan fingerprint density at radius 1 is 1.21 bits per heavy atom. The Morgan fingerprint density at radius 2 is 1.88 bits per heavy atom. The van der Waals surface area contributed by atoms with Crippen LogP contribution in [0.5, 0.6) is 0 Å². The summed E-state index contributed by atoms with van der Waals surface area (Å²) >= 11 is 0. The van der Waals surface area contributed by atoms with Gasteiger partial charge in [-0.05, 0) is 57.4 Å². The highest BCUT2D eigenvalue weighted by molar-refractivity contribution is 5.82. The number of rotatable bonds is 6. The van der Waals surface area contributed by atoms with Crippen LogP contribution in [0.2, 0.25) is 0 Å². The van der Waals surface area contributed by atoms with Crippen LogP contribution in [-0.2, 0) is 16.0 Å². The molecule has 1 rings (SSSR count). The molecule has 1 aromatic carbocycles. The normalized spacial score (nSPS) is 12.8. The minimum absolute atomic E-state index is 0.0524. The summed E-state index contributed by atoms with van der Waals surface area (Å²) in [4.78, 5) is 22.2. The maximum atomic E-state index is 13.6. The molecular formula is C20H23FO3. The van der Waals surface area contributed by atoms with Crippen LogP contribution >= 0.6 is 0 Å². The fraction of sp³-hybridized carbons (Fsp3) is 0.300. The lowest BCUT2D eigenvalue weighted by Gasteiger charge is -2.17. The van der Waals surface area contributed by atoms with Crippen LogP contribution in [0.3, 0.4) is 0 Å². The molecule has 0 N–H and O–H groups in total. The number of aldehydes is 1. The van der Waals surface area contributed by atoms with Crippen molar-refractivity contribution in [1.29, 1.82) is 0 Å². The monoisotopic (exact) mass is 330 g/mol. The first kappa shape index (κ1) is 19.6. The van der Waals surface area contributed by atoms with Gasteiger partial charge in [0, 0.05) is 6.08 Å². The van der Waals surface area contributed by atoms with E-state index in [1.165, 1.54) is 18.2 Å². The third-order valence-corrected chi connectivity index (χ3v) is 3.03. The molecule has 0 saturated carbocycles. The molecule has 0 fully saturated rings. The molecule has 1 aromatic rings. The number of benzene rings is 1. The highest BCUT2D eigenvalue weighted by Crippen LogP contribution is 2.14. The standard InChI is InChI=1S/C20H23FO3/c1-5-15(8-6-7-9-19(23)24-20(2,3)4)12-16-10-11-17(14-22)18(21)13-16/h5-11,13-14H,12H2,1-4H3/b8-6-,9-7+,15-5+. The van der Waals surface area contributed by atoms with Crippen LogP contribution in [0.4, 0.5) is 4.39 Å². The smallest absolute Gasteiger partial charge is 0.331 e. The molecule has 0 amide bonds. The molecular weight excluding hydrogens is 307 g/mol. The zero-order valence-electron chi connectivity index (χ0n) is 14.5. The van der Waals surface area contributed by atoms with Gasteiger partial charge in [-0.3, -0.25) is 4.79 Å². The van der Waals surface area contributed by atoms with Gasteiger partial charge in [0.15, 0.2) is 6.29 Å². The van der Waals surface area contributed by atoms with Gasteiger partial charge < -0.3 is 4.74 Å². The number of esters is 1. The average Bonchev–Trinajstić information content (AvgIpc) is 2.48. The second-order valence-corrected chi connectivity index (χ2v) is 6.27. The van der Waals surface area contributed by atoms with Crippen molar-refractivity contribution >= 4 is 12.3 Å². The van der Waals surface area contributed by atoms with Gasteiger partial charge in [0.05, 0.1) is 5.56 Å². The van der Waals surface area contributed by atoms with Gasteiger partial charge in [0.2, 0.25) is 0 Å². The van der Waals surface area contributed by atoms with E-state index in [4.69, 9.17) is 4.74 Å². The van der Waals surface area contributed by atoms with Crippen molar-refractivity contribution in [3.05, 3.63) is 71.1 Å². The van der Waals surface area contributed by atoms with Gasteiger partial charge in [0.1, 0.15) is 11.4 Å². The molecule has 0 heterocycles. The molecule has 0 saturated heterocycles. The van der Waals surface area contributed by atoms with E-state index in [1.807, 2.05) is 39.8 Å².